The van der Waals surface area contributed by atoms with Gasteiger partial charge in [-0.3, -0.25) is 9.36 Å². The summed E-state index contributed by atoms with van der Waals surface area (Å²) in [4.78, 5) is 16.7. The molecule has 0 bridgehead atoms. The molecule has 0 unspecified atom stereocenters. The lowest BCUT2D eigenvalue weighted by Crippen LogP contribution is -2.43. The number of anilines is 1. The fourth-order valence-electron chi connectivity index (χ4n) is 5.08. The second-order valence-corrected chi connectivity index (χ2v) is 10.2. The van der Waals surface area contributed by atoms with E-state index in [4.69, 9.17) is 20.2 Å². The summed E-state index contributed by atoms with van der Waals surface area (Å²) in [6.07, 6.45) is 2.44. The van der Waals surface area contributed by atoms with Crippen LogP contribution in [0.4, 0.5) is 5.95 Å². The van der Waals surface area contributed by atoms with Crippen molar-refractivity contribution in [3.63, 3.8) is 0 Å². The molecule has 0 radical (unpaired) electrons. The highest BCUT2D eigenvalue weighted by molar-refractivity contribution is 5.80. The van der Waals surface area contributed by atoms with Crippen molar-refractivity contribution in [2.75, 3.05) is 25.1 Å². The number of phenolic OH excluding ortho intramolecular Hbond substituents is 1. The Hall–Kier alpha value is -4.12. The van der Waals surface area contributed by atoms with Gasteiger partial charge in [0.25, 0.3) is 0 Å². The summed E-state index contributed by atoms with van der Waals surface area (Å²) in [6.45, 7) is 1.62. The van der Waals surface area contributed by atoms with Crippen LogP contribution >= 0.6 is 0 Å². The number of aromatic nitrogens is 2. The molecule has 10 nitrogen and oxygen atoms in total. The first-order valence-electron chi connectivity index (χ1n) is 14.0. The first-order chi connectivity index (χ1) is 20.0. The number of nitrogens with zero attached hydrogens (tertiary/aromatic N) is 2. The third-order valence-corrected chi connectivity index (χ3v) is 7.22. The molecule has 6 N–H and O–H groups in total. The van der Waals surface area contributed by atoms with E-state index in [1.165, 1.54) is 0 Å². The lowest BCUT2D eigenvalue weighted by atomic mass is 10.1. The number of aliphatic hydroxyl groups is 1. The molecule has 0 spiro atoms. The first-order valence-corrected chi connectivity index (χ1v) is 14.0. The van der Waals surface area contributed by atoms with Gasteiger partial charge in [0.2, 0.25) is 11.9 Å². The Balaban J connectivity index is 1.13. The SMILES string of the molecule is NC(=O)[C@H](Cc1ccc(O)cc1)NCCCOc1cccc(CNc2nc3ccccc3n2[C@H]2CC[C@@H](CO)O2)c1. The fourth-order valence-corrected chi connectivity index (χ4v) is 5.08. The molecular weight excluding hydrogens is 522 g/mol. The number of aliphatic hydroxyl groups excluding tert-OH is 1. The number of phenols is 1. The summed E-state index contributed by atoms with van der Waals surface area (Å²) in [7, 11) is 0. The van der Waals surface area contributed by atoms with Gasteiger partial charge in [0.1, 0.15) is 17.7 Å². The Morgan fingerprint density at radius 2 is 1.93 bits per heavy atom. The molecule has 1 fully saturated rings. The number of primary amides is 1. The first kappa shape index (κ1) is 28.4. The summed E-state index contributed by atoms with van der Waals surface area (Å²) in [5.41, 5.74) is 9.42. The lowest BCUT2D eigenvalue weighted by Gasteiger charge is -2.18. The number of ether oxygens (including phenoxy) is 2. The van der Waals surface area contributed by atoms with Crippen molar-refractivity contribution in [2.45, 2.75) is 50.6 Å². The van der Waals surface area contributed by atoms with E-state index >= 15 is 0 Å². The maximum Gasteiger partial charge on any atom is 0.234 e. The number of carbonyl (C=O) groups is 1. The number of para-hydroxylation sites is 2. The van der Waals surface area contributed by atoms with Crippen molar-refractivity contribution in [2.24, 2.45) is 5.73 Å². The normalized spacial score (nSPS) is 17.5. The van der Waals surface area contributed by atoms with Gasteiger partial charge in [0, 0.05) is 6.54 Å². The number of amides is 1. The monoisotopic (exact) mass is 559 g/mol. The summed E-state index contributed by atoms with van der Waals surface area (Å²) in [5, 5.41) is 25.7. The molecule has 41 heavy (non-hydrogen) atoms. The van der Waals surface area contributed by atoms with Gasteiger partial charge >= 0.3 is 0 Å². The fraction of sp³-hybridized carbons (Fsp3) is 0.355. The largest absolute Gasteiger partial charge is 0.508 e. The third-order valence-electron chi connectivity index (χ3n) is 7.22. The van der Waals surface area contributed by atoms with Crippen LogP contribution in [0, 0.1) is 0 Å². The molecule has 0 saturated carbocycles. The zero-order valence-electron chi connectivity index (χ0n) is 22.9. The minimum atomic E-state index is -0.498. The molecule has 1 aliphatic rings. The molecule has 3 aromatic carbocycles. The molecule has 1 saturated heterocycles. The summed E-state index contributed by atoms with van der Waals surface area (Å²) in [6, 6.07) is 22.1. The molecule has 0 aliphatic carbocycles. The van der Waals surface area contributed by atoms with Gasteiger partial charge < -0.3 is 36.1 Å². The van der Waals surface area contributed by atoms with Gasteiger partial charge in [0.15, 0.2) is 0 Å². The predicted octanol–water partition coefficient (Wildman–Crippen LogP) is 3.48. The minimum absolute atomic E-state index is 0.0142. The van der Waals surface area contributed by atoms with Crippen molar-refractivity contribution in [3.8, 4) is 11.5 Å². The van der Waals surface area contributed by atoms with E-state index < -0.39 is 11.9 Å². The van der Waals surface area contributed by atoms with Crippen LogP contribution in [0.5, 0.6) is 11.5 Å². The number of carbonyl (C=O) groups excluding carboxylic acids is 1. The number of nitrogens with one attached hydrogen (secondary N) is 2. The van der Waals surface area contributed by atoms with E-state index in [1.807, 2.05) is 48.5 Å². The van der Waals surface area contributed by atoms with Crippen LogP contribution in [-0.4, -0.2) is 57.6 Å². The number of fused-ring (bicyclic) bond motifs is 1. The third kappa shape index (κ3) is 7.35. The maximum absolute atomic E-state index is 11.9. The highest BCUT2D eigenvalue weighted by atomic mass is 16.5. The van der Waals surface area contributed by atoms with E-state index in [0.29, 0.717) is 32.5 Å². The quantitative estimate of drug-likeness (QED) is 0.148. The van der Waals surface area contributed by atoms with Crippen LogP contribution < -0.4 is 21.1 Å². The highest BCUT2D eigenvalue weighted by Crippen LogP contribution is 2.34. The van der Waals surface area contributed by atoms with Gasteiger partial charge in [-0.1, -0.05) is 36.4 Å². The second kappa shape index (κ2) is 13.5. The van der Waals surface area contributed by atoms with Gasteiger partial charge in [-0.25, -0.2) is 4.98 Å². The molecule has 3 atom stereocenters. The predicted molar refractivity (Wildman–Crippen MR) is 157 cm³/mol. The van der Waals surface area contributed by atoms with Crippen molar-refractivity contribution in [3.05, 3.63) is 83.9 Å². The van der Waals surface area contributed by atoms with E-state index in [-0.39, 0.29) is 24.7 Å². The van der Waals surface area contributed by atoms with E-state index in [0.717, 1.165) is 46.7 Å². The molecule has 4 aromatic rings. The van der Waals surface area contributed by atoms with Crippen LogP contribution in [0.25, 0.3) is 11.0 Å². The van der Waals surface area contributed by atoms with Crippen molar-refractivity contribution >= 4 is 22.9 Å². The Labute approximate surface area is 239 Å². The van der Waals surface area contributed by atoms with Gasteiger partial charge in [-0.05, 0) is 79.8 Å². The average molecular weight is 560 g/mol. The Morgan fingerprint density at radius 3 is 2.71 bits per heavy atom. The molecule has 1 aliphatic heterocycles. The standard InChI is InChI=1S/C31H37N5O5/c32-30(39)27(18-21-9-11-23(38)12-10-21)33-15-4-16-40-24-6-3-5-22(17-24)19-34-31-35-26-7-1-2-8-28(26)36(31)29-14-13-25(20-37)41-29/h1-3,5-12,17,25,27,29,33,37-38H,4,13-16,18-20H2,(H2,32,39)(H,34,35)/t25-,27-,29+/m0/s1. The average Bonchev–Trinajstić information content (AvgIpc) is 3.60. The molecule has 10 heteroatoms. The summed E-state index contributed by atoms with van der Waals surface area (Å²) < 4.78 is 14.1. The lowest BCUT2D eigenvalue weighted by molar-refractivity contribution is -0.120. The molecule has 1 aromatic heterocycles. The van der Waals surface area contributed by atoms with Crippen molar-refractivity contribution in [1.29, 1.82) is 0 Å². The van der Waals surface area contributed by atoms with Crippen molar-refractivity contribution in [1.82, 2.24) is 14.9 Å². The summed E-state index contributed by atoms with van der Waals surface area (Å²) in [5.74, 6) is 1.26. The minimum Gasteiger partial charge on any atom is -0.508 e. The zero-order chi connectivity index (χ0) is 28.6. The van der Waals surface area contributed by atoms with Crippen LogP contribution in [0.1, 0.15) is 36.6 Å². The van der Waals surface area contributed by atoms with E-state index in [1.54, 1.807) is 24.3 Å². The molecule has 5 rings (SSSR count). The van der Waals surface area contributed by atoms with Crippen LogP contribution in [-0.2, 0) is 22.5 Å². The highest BCUT2D eigenvalue weighted by Gasteiger charge is 2.29. The molecule has 216 valence electrons. The number of benzene rings is 3. The zero-order valence-corrected chi connectivity index (χ0v) is 22.9. The van der Waals surface area contributed by atoms with Gasteiger partial charge in [-0.2, -0.15) is 0 Å². The second-order valence-electron chi connectivity index (χ2n) is 10.2. The number of imidazole rings is 1. The number of nitrogens with two attached hydrogens (primary N) is 1. The maximum atomic E-state index is 11.9. The van der Waals surface area contributed by atoms with Crippen LogP contribution in [0.2, 0.25) is 0 Å². The van der Waals surface area contributed by atoms with Crippen molar-refractivity contribution < 1.29 is 24.5 Å². The topological polar surface area (TPSA) is 144 Å². The smallest absolute Gasteiger partial charge is 0.234 e. The number of rotatable bonds is 14. The van der Waals surface area contributed by atoms with Gasteiger partial charge in [-0.15, -0.1) is 0 Å². The van der Waals surface area contributed by atoms with E-state index in [9.17, 15) is 15.0 Å². The molecule has 2 heterocycles. The number of hydrogen-bond acceptors (Lipinski definition) is 8. The Morgan fingerprint density at radius 1 is 1.10 bits per heavy atom. The van der Waals surface area contributed by atoms with Crippen LogP contribution in [0.3, 0.4) is 0 Å². The van der Waals surface area contributed by atoms with Gasteiger partial charge in [0.05, 0.1) is 36.4 Å². The molecular formula is C31H37N5O5. The Kier molecular flexibility index (Phi) is 9.35. The number of aromatic hydroxyl groups is 1. The molecule has 1 amide bonds. The number of hydrogen-bond donors (Lipinski definition) is 5. The van der Waals surface area contributed by atoms with E-state index in [2.05, 4.69) is 15.2 Å². The summed E-state index contributed by atoms with van der Waals surface area (Å²) >= 11 is 0. The van der Waals surface area contributed by atoms with Crippen LogP contribution in [0.15, 0.2) is 72.8 Å². The Bertz CT molecular complexity index is 1440.